The highest BCUT2D eigenvalue weighted by Gasteiger charge is 2.79. The Morgan fingerprint density at radius 2 is 1.89 bits per heavy atom. The number of nitrogens with two attached hydrogens (primary N) is 1. The molecular weight excluding hydrogens is 605 g/mol. The van der Waals surface area contributed by atoms with Crippen molar-refractivity contribution in [1.82, 2.24) is 0 Å². The summed E-state index contributed by atoms with van der Waals surface area (Å²) in [7, 11) is 0. The summed E-state index contributed by atoms with van der Waals surface area (Å²) in [6, 6.07) is 13.1. The van der Waals surface area contributed by atoms with Gasteiger partial charge >= 0.3 is 0 Å². The summed E-state index contributed by atoms with van der Waals surface area (Å²) in [5, 5.41) is 22.4. The van der Waals surface area contributed by atoms with Gasteiger partial charge < -0.3 is 25.4 Å². The van der Waals surface area contributed by atoms with Gasteiger partial charge in [-0.05, 0) is 81.0 Å². The van der Waals surface area contributed by atoms with E-state index < -0.39 is 58.9 Å². The zero-order valence-corrected chi connectivity index (χ0v) is 26.0. The number of hydrogen-bond acceptors (Lipinski definition) is 8. The van der Waals surface area contributed by atoms with Gasteiger partial charge in [-0.3, -0.25) is 9.59 Å². The first kappa shape index (κ1) is 30.1. The Morgan fingerprint density at radius 1 is 1.16 bits per heavy atom. The van der Waals surface area contributed by atoms with Crippen LogP contribution in [-0.4, -0.2) is 51.9 Å². The van der Waals surface area contributed by atoms with E-state index in [1.54, 1.807) is 19.1 Å². The van der Waals surface area contributed by atoms with Gasteiger partial charge in [-0.2, -0.15) is 0 Å². The molecule has 0 spiro atoms. The molecule has 4 fully saturated rings. The Labute approximate surface area is 264 Å². The molecule has 1 aliphatic heterocycles. The summed E-state index contributed by atoms with van der Waals surface area (Å²) < 4.78 is 30.6. The van der Waals surface area contributed by atoms with E-state index in [4.69, 9.17) is 26.8 Å². The number of aliphatic hydroxyl groups excluding tert-OH is 2. The lowest BCUT2D eigenvalue weighted by Gasteiger charge is -2.62. The molecule has 2 aromatic carbocycles. The molecule has 7 rings (SSSR count). The quantitative estimate of drug-likeness (QED) is 0.353. The number of carbonyl (C=O) groups is 2. The van der Waals surface area contributed by atoms with Crippen molar-refractivity contribution in [3.05, 3.63) is 76.9 Å². The number of carbonyl (C=O) groups excluding carboxylic acids is 2. The summed E-state index contributed by atoms with van der Waals surface area (Å²) in [5.41, 5.74) is 2.12. The summed E-state index contributed by atoms with van der Waals surface area (Å²) in [6.45, 7) is 2.88. The molecular formula is C34H35ClFNO6S. The van der Waals surface area contributed by atoms with Gasteiger partial charge in [0.05, 0.1) is 22.9 Å². The molecule has 5 aliphatic rings. The number of aliphatic hydroxyl groups is 2. The minimum Gasteiger partial charge on any atom is -0.397 e. The molecule has 232 valence electrons. The molecule has 4 aliphatic carbocycles. The first-order valence-electron chi connectivity index (χ1n) is 15.0. The molecule has 0 bridgehead atoms. The molecule has 9 atom stereocenters. The number of fused-ring (bicyclic) bond motifs is 7. The number of benzene rings is 2. The fraction of sp³-hybridized carbons (Fsp3) is 0.471. The molecule has 0 unspecified atom stereocenters. The average Bonchev–Trinajstić information content (AvgIpc) is 3.49. The fourth-order valence-corrected chi connectivity index (χ4v) is 10.1. The Kier molecular flexibility index (Phi) is 7.01. The number of alkyl halides is 1. The van der Waals surface area contributed by atoms with Crippen molar-refractivity contribution >= 4 is 40.6 Å². The van der Waals surface area contributed by atoms with E-state index in [9.17, 15) is 19.8 Å². The van der Waals surface area contributed by atoms with E-state index in [1.165, 1.54) is 23.9 Å². The summed E-state index contributed by atoms with van der Waals surface area (Å²) in [4.78, 5) is 27.8. The van der Waals surface area contributed by atoms with Crippen molar-refractivity contribution in [2.75, 3.05) is 12.3 Å². The second-order valence-corrected chi connectivity index (χ2v) is 14.8. The van der Waals surface area contributed by atoms with Crippen LogP contribution in [0.3, 0.4) is 0 Å². The molecule has 4 N–H and O–H groups in total. The molecule has 0 radical (unpaired) electrons. The van der Waals surface area contributed by atoms with Crippen LogP contribution in [0.15, 0.2) is 76.1 Å². The molecule has 2 aromatic rings. The number of Topliss-reactive ketones (excluding diaryl/α,β-unsaturated/α-hetero) is 1. The smallest absolute Gasteiger partial charge is 0.193 e. The lowest BCUT2D eigenvalue weighted by molar-refractivity contribution is -0.231. The zero-order chi connectivity index (χ0) is 31.2. The lowest BCUT2D eigenvalue weighted by Crippen LogP contribution is -2.69. The second kappa shape index (κ2) is 10.2. The van der Waals surface area contributed by atoms with Crippen LogP contribution in [0.5, 0.6) is 0 Å². The molecule has 0 amide bonds. The monoisotopic (exact) mass is 639 g/mol. The zero-order valence-electron chi connectivity index (χ0n) is 24.5. The lowest BCUT2D eigenvalue weighted by atomic mass is 9.44. The number of ketones is 2. The van der Waals surface area contributed by atoms with Gasteiger partial charge in [0.25, 0.3) is 0 Å². The number of hydrogen-bond donors (Lipinski definition) is 3. The summed E-state index contributed by atoms with van der Waals surface area (Å²) in [6.07, 6.45) is 2.72. The number of anilines is 1. The Balaban J connectivity index is 1.19. The highest BCUT2D eigenvalue weighted by atomic mass is 35.5. The van der Waals surface area contributed by atoms with Gasteiger partial charge in [0.15, 0.2) is 29.1 Å². The normalized spacial score (nSPS) is 40.5. The average molecular weight is 640 g/mol. The number of allylic oxidation sites excluding steroid dienone is 4. The van der Waals surface area contributed by atoms with Crippen molar-refractivity contribution in [1.29, 1.82) is 0 Å². The van der Waals surface area contributed by atoms with E-state index in [0.29, 0.717) is 41.1 Å². The van der Waals surface area contributed by atoms with Crippen LogP contribution < -0.4 is 5.73 Å². The standard InChI is InChI=1S/C34H35ClFNO6S/c1-31-12-11-20(39)13-19(31)5-9-23-24-15-29-34(28(41)17-38,32(24,2)16-27(40)33(23,31)36)43-30(42-29)18-3-6-21(7-4-18)44-22-8-10-25(35)26(37)14-22/h3-4,6-8,10-14,23-24,27,29-30,38,40H,5,9,15-17,37H2,1-2H3/t23-,24-,27-,29+,30+,31-,32-,33-,34+/m0/s1. The van der Waals surface area contributed by atoms with Crippen molar-refractivity contribution < 1.29 is 33.7 Å². The van der Waals surface area contributed by atoms with Crippen molar-refractivity contribution in [2.45, 2.75) is 79.1 Å². The van der Waals surface area contributed by atoms with E-state index in [2.05, 4.69) is 0 Å². The SMILES string of the molecule is C[C@]12C=CC(=O)C=C1CC[C@H]1[C@@H]3C[C@H]4O[C@@H](c5ccc(Sc6ccc(Cl)c(N)c6)cc5)O[C@@]4(C(=O)CO)[C@@]3(C)C[C@H](O)[C@@]12F. The Bertz CT molecular complexity index is 1620. The highest BCUT2D eigenvalue weighted by Crippen LogP contribution is 2.72. The Morgan fingerprint density at radius 3 is 2.59 bits per heavy atom. The summed E-state index contributed by atoms with van der Waals surface area (Å²) >= 11 is 7.57. The maximum absolute atomic E-state index is 17.5. The fourth-order valence-electron chi connectivity index (χ4n) is 9.14. The highest BCUT2D eigenvalue weighted by molar-refractivity contribution is 7.99. The van der Waals surface area contributed by atoms with E-state index >= 15 is 4.39 Å². The van der Waals surface area contributed by atoms with Gasteiger partial charge in [-0.25, -0.2) is 4.39 Å². The third kappa shape index (κ3) is 3.96. The van der Waals surface area contributed by atoms with Crippen LogP contribution in [0.1, 0.15) is 51.4 Å². The van der Waals surface area contributed by atoms with Crippen LogP contribution in [0.25, 0.3) is 0 Å². The predicted molar refractivity (Wildman–Crippen MR) is 164 cm³/mol. The number of nitrogen functional groups attached to an aromatic ring is 1. The Hall–Kier alpha value is -2.53. The van der Waals surface area contributed by atoms with Crippen LogP contribution in [0.4, 0.5) is 10.1 Å². The third-order valence-corrected chi connectivity index (χ3v) is 12.6. The minimum atomic E-state index is -2.04. The molecule has 0 aromatic heterocycles. The molecule has 1 heterocycles. The van der Waals surface area contributed by atoms with E-state index in [1.807, 2.05) is 43.3 Å². The summed E-state index contributed by atoms with van der Waals surface area (Å²) in [5.74, 6) is -1.65. The van der Waals surface area contributed by atoms with Gasteiger partial charge in [0.1, 0.15) is 6.61 Å². The number of ether oxygens (including phenoxy) is 2. The molecule has 7 nitrogen and oxygen atoms in total. The maximum Gasteiger partial charge on any atom is 0.193 e. The molecule has 10 heteroatoms. The van der Waals surface area contributed by atoms with Gasteiger partial charge in [-0.1, -0.05) is 54.1 Å². The first-order chi connectivity index (χ1) is 20.9. The van der Waals surface area contributed by atoms with Crippen LogP contribution in [0, 0.1) is 22.7 Å². The number of rotatable bonds is 5. The van der Waals surface area contributed by atoms with E-state index in [0.717, 1.165) is 9.79 Å². The largest absolute Gasteiger partial charge is 0.397 e. The van der Waals surface area contributed by atoms with Crippen LogP contribution in [0.2, 0.25) is 5.02 Å². The van der Waals surface area contributed by atoms with Crippen molar-refractivity contribution in [2.24, 2.45) is 22.7 Å². The van der Waals surface area contributed by atoms with Crippen LogP contribution >= 0.6 is 23.4 Å². The molecule has 1 saturated heterocycles. The van der Waals surface area contributed by atoms with Crippen LogP contribution in [-0.2, 0) is 19.1 Å². The second-order valence-electron chi connectivity index (χ2n) is 13.2. The van der Waals surface area contributed by atoms with Crippen molar-refractivity contribution in [3.8, 4) is 0 Å². The minimum absolute atomic E-state index is 0.0482. The molecule has 3 saturated carbocycles. The van der Waals surface area contributed by atoms with Gasteiger partial charge in [0.2, 0.25) is 0 Å². The first-order valence-corrected chi connectivity index (χ1v) is 16.2. The van der Waals surface area contributed by atoms with E-state index in [-0.39, 0.29) is 18.1 Å². The maximum atomic E-state index is 17.5. The third-order valence-electron chi connectivity index (χ3n) is 11.3. The van der Waals surface area contributed by atoms with Gasteiger partial charge in [0, 0.05) is 32.1 Å². The predicted octanol–water partition coefficient (Wildman–Crippen LogP) is 5.77. The van der Waals surface area contributed by atoms with Gasteiger partial charge in [-0.15, -0.1) is 0 Å². The topological polar surface area (TPSA) is 119 Å². The number of halogens is 2. The van der Waals surface area contributed by atoms with Crippen molar-refractivity contribution in [3.63, 3.8) is 0 Å². The molecule has 44 heavy (non-hydrogen) atoms.